The van der Waals surface area contributed by atoms with Crippen molar-refractivity contribution in [1.82, 2.24) is 24.7 Å². The third kappa shape index (κ3) is 1.39. The van der Waals surface area contributed by atoms with Crippen LogP contribution >= 0.6 is 0 Å². The third-order valence-electron chi connectivity index (χ3n) is 2.03. The molecule has 2 aromatic heterocycles. The summed E-state index contributed by atoms with van der Waals surface area (Å²) in [6.45, 7) is 2.75. The molecule has 2 aromatic rings. The Morgan fingerprint density at radius 2 is 2.43 bits per heavy atom. The lowest BCUT2D eigenvalue weighted by Crippen LogP contribution is -2.10. The fourth-order valence-corrected chi connectivity index (χ4v) is 1.30. The Hall–Kier alpha value is -1.69. The third-order valence-corrected chi connectivity index (χ3v) is 2.03. The monoisotopic (exact) mass is 193 g/mol. The minimum Gasteiger partial charge on any atom is -0.377 e. The van der Waals surface area contributed by atoms with Crippen molar-refractivity contribution in [3.8, 4) is 0 Å². The lowest BCUT2D eigenvalue weighted by molar-refractivity contribution is 0.195. The summed E-state index contributed by atoms with van der Waals surface area (Å²) in [5.41, 5.74) is 0. The number of hydrogen-bond acceptors (Lipinski definition) is 4. The van der Waals surface area contributed by atoms with Gasteiger partial charge in [-0.25, -0.2) is 9.97 Å². The minimum absolute atomic E-state index is 0.408. The molecule has 1 unspecified atom stereocenters. The summed E-state index contributed by atoms with van der Waals surface area (Å²) < 4.78 is 1.85. The SMILES string of the molecule is CCn1ccnc1C(O)c1ncn[nH]1. The van der Waals surface area contributed by atoms with E-state index in [0.29, 0.717) is 11.6 Å². The molecule has 2 rings (SSSR count). The van der Waals surface area contributed by atoms with Gasteiger partial charge in [-0.2, -0.15) is 5.10 Å². The Morgan fingerprint density at radius 3 is 3.07 bits per heavy atom. The normalized spacial score (nSPS) is 13.0. The topological polar surface area (TPSA) is 79.6 Å². The fourth-order valence-electron chi connectivity index (χ4n) is 1.30. The molecule has 0 amide bonds. The highest BCUT2D eigenvalue weighted by atomic mass is 16.3. The van der Waals surface area contributed by atoms with Crippen LogP contribution in [0.15, 0.2) is 18.7 Å². The molecule has 0 spiro atoms. The zero-order chi connectivity index (χ0) is 9.97. The first-order valence-corrected chi connectivity index (χ1v) is 4.37. The number of imidazole rings is 1. The largest absolute Gasteiger partial charge is 0.377 e. The first-order valence-electron chi connectivity index (χ1n) is 4.37. The number of nitrogens with one attached hydrogen (secondary N) is 1. The quantitative estimate of drug-likeness (QED) is 0.724. The van der Waals surface area contributed by atoms with Crippen LogP contribution in [0.3, 0.4) is 0 Å². The van der Waals surface area contributed by atoms with Gasteiger partial charge in [-0.3, -0.25) is 5.10 Å². The van der Waals surface area contributed by atoms with E-state index in [0.717, 1.165) is 6.54 Å². The first-order chi connectivity index (χ1) is 6.83. The smallest absolute Gasteiger partial charge is 0.171 e. The molecular weight excluding hydrogens is 182 g/mol. The van der Waals surface area contributed by atoms with Gasteiger partial charge >= 0.3 is 0 Å². The summed E-state index contributed by atoms with van der Waals surface area (Å²) in [7, 11) is 0. The number of aliphatic hydroxyl groups excluding tert-OH is 1. The van der Waals surface area contributed by atoms with Gasteiger partial charge in [0.2, 0.25) is 0 Å². The number of aliphatic hydroxyl groups is 1. The predicted octanol–water partition coefficient (Wildman–Crippen LogP) is 0.103. The summed E-state index contributed by atoms with van der Waals surface area (Å²) in [6, 6.07) is 0. The number of aromatic nitrogens is 5. The van der Waals surface area contributed by atoms with Gasteiger partial charge in [0.25, 0.3) is 0 Å². The molecule has 6 nitrogen and oxygen atoms in total. The van der Waals surface area contributed by atoms with E-state index < -0.39 is 6.10 Å². The summed E-state index contributed by atoms with van der Waals surface area (Å²) in [5.74, 6) is 0.982. The molecule has 74 valence electrons. The van der Waals surface area contributed by atoms with Crippen LogP contribution in [0.1, 0.15) is 24.7 Å². The van der Waals surface area contributed by atoms with Gasteiger partial charge in [0.05, 0.1) is 0 Å². The molecular formula is C8H11N5O. The van der Waals surface area contributed by atoms with Crippen molar-refractivity contribution in [2.45, 2.75) is 19.6 Å². The number of hydrogen-bond donors (Lipinski definition) is 2. The molecule has 0 aliphatic heterocycles. The van der Waals surface area contributed by atoms with Gasteiger partial charge in [-0.15, -0.1) is 0 Å². The van der Waals surface area contributed by atoms with Gasteiger partial charge in [-0.05, 0) is 6.92 Å². The molecule has 0 fully saturated rings. The van der Waals surface area contributed by atoms with E-state index in [1.165, 1.54) is 6.33 Å². The van der Waals surface area contributed by atoms with Crippen LogP contribution < -0.4 is 0 Å². The summed E-state index contributed by atoms with van der Waals surface area (Å²) >= 11 is 0. The number of H-pyrrole nitrogens is 1. The molecule has 2 N–H and O–H groups in total. The van der Waals surface area contributed by atoms with Gasteiger partial charge in [-0.1, -0.05) is 0 Å². The Labute approximate surface area is 80.6 Å². The summed E-state index contributed by atoms with van der Waals surface area (Å²) in [5, 5.41) is 16.2. The average molecular weight is 193 g/mol. The molecule has 0 aliphatic rings. The Morgan fingerprint density at radius 1 is 1.57 bits per heavy atom. The molecule has 0 aromatic carbocycles. The van der Waals surface area contributed by atoms with Crippen LogP contribution in [0.4, 0.5) is 0 Å². The van der Waals surface area contributed by atoms with E-state index in [-0.39, 0.29) is 0 Å². The van der Waals surface area contributed by atoms with E-state index in [4.69, 9.17) is 0 Å². The Balaban J connectivity index is 2.31. The standard InChI is InChI=1S/C8H11N5O/c1-2-13-4-3-9-8(13)6(14)7-10-5-11-12-7/h3-6,14H,2H2,1H3,(H,10,11,12). The summed E-state index contributed by atoms with van der Waals surface area (Å²) in [4.78, 5) is 7.95. The maximum absolute atomic E-state index is 9.86. The highest BCUT2D eigenvalue weighted by Crippen LogP contribution is 2.15. The van der Waals surface area contributed by atoms with Crippen molar-refractivity contribution in [3.05, 3.63) is 30.4 Å². The fraction of sp³-hybridized carbons (Fsp3) is 0.375. The van der Waals surface area contributed by atoms with Crippen LogP contribution in [0.25, 0.3) is 0 Å². The second-order valence-corrected chi connectivity index (χ2v) is 2.84. The lowest BCUT2D eigenvalue weighted by atomic mass is 10.3. The minimum atomic E-state index is -0.840. The highest BCUT2D eigenvalue weighted by Gasteiger charge is 2.17. The molecule has 6 heteroatoms. The molecule has 0 aliphatic carbocycles. The van der Waals surface area contributed by atoms with E-state index in [1.807, 2.05) is 17.7 Å². The van der Waals surface area contributed by atoms with Crippen molar-refractivity contribution in [3.63, 3.8) is 0 Å². The van der Waals surface area contributed by atoms with Gasteiger partial charge in [0.1, 0.15) is 12.2 Å². The van der Waals surface area contributed by atoms with Gasteiger partial charge < -0.3 is 9.67 Å². The molecule has 0 radical (unpaired) electrons. The lowest BCUT2D eigenvalue weighted by Gasteiger charge is -2.08. The van der Waals surface area contributed by atoms with Crippen molar-refractivity contribution >= 4 is 0 Å². The first kappa shape index (κ1) is 8.89. The second kappa shape index (κ2) is 3.59. The number of aromatic amines is 1. The second-order valence-electron chi connectivity index (χ2n) is 2.84. The molecule has 0 saturated carbocycles. The molecule has 0 saturated heterocycles. The molecule has 2 heterocycles. The number of aryl methyl sites for hydroxylation is 1. The highest BCUT2D eigenvalue weighted by molar-refractivity contribution is 5.06. The van der Waals surface area contributed by atoms with Crippen molar-refractivity contribution in [1.29, 1.82) is 0 Å². The van der Waals surface area contributed by atoms with E-state index in [9.17, 15) is 5.11 Å². The number of nitrogens with zero attached hydrogens (tertiary/aromatic N) is 4. The zero-order valence-corrected chi connectivity index (χ0v) is 7.75. The van der Waals surface area contributed by atoms with Crippen molar-refractivity contribution in [2.75, 3.05) is 0 Å². The van der Waals surface area contributed by atoms with E-state index in [2.05, 4.69) is 20.2 Å². The Kier molecular flexibility index (Phi) is 2.28. The summed E-state index contributed by atoms with van der Waals surface area (Å²) in [6.07, 6.45) is 3.98. The number of rotatable bonds is 3. The maximum Gasteiger partial charge on any atom is 0.171 e. The van der Waals surface area contributed by atoms with Crippen LogP contribution in [-0.4, -0.2) is 29.8 Å². The van der Waals surface area contributed by atoms with Crippen molar-refractivity contribution in [2.24, 2.45) is 0 Å². The Bertz CT molecular complexity index is 394. The van der Waals surface area contributed by atoms with Gasteiger partial charge in [0.15, 0.2) is 11.9 Å². The van der Waals surface area contributed by atoms with Crippen molar-refractivity contribution < 1.29 is 5.11 Å². The van der Waals surface area contributed by atoms with Crippen LogP contribution in [0.2, 0.25) is 0 Å². The molecule has 14 heavy (non-hydrogen) atoms. The van der Waals surface area contributed by atoms with Crippen LogP contribution in [0, 0.1) is 0 Å². The molecule has 0 bridgehead atoms. The van der Waals surface area contributed by atoms with E-state index >= 15 is 0 Å². The average Bonchev–Trinajstić information content (AvgIpc) is 2.87. The van der Waals surface area contributed by atoms with Gasteiger partial charge in [0, 0.05) is 18.9 Å². The zero-order valence-electron chi connectivity index (χ0n) is 7.75. The predicted molar refractivity (Wildman–Crippen MR) is 48.3 cm³/mol. The van der Waals surface area contributed by atoms with E-state index in [1.54, 1.807) is 6.20 Å². The van der Waals surface area contributed by atoms with Crippen LogP contribution in [-0.2, 0) is 6.54 Å². The molecule has 1 atom stereocenters. The maximum atomic E-state index is 9.86. The van der Waals surface area contributed by atoms with Crippen LogP contribution in [0.5, 0.6) is 0 Å².